The van der Waals surface area contributed by atoms with E-state index < -0.39 is 0 Å². The summed E-state index contributed by atoms with van der Waals surface area (Å²) in [6, 6.07) is 14.8. The van der Waals surface area contributed by atoms with Gasteiger partial charge < -0.3 is 14.8 Å². The Hall–Kier alpha value is -3.26. The van der Waals surface area contributed by atoms with Crippen LogP contribution in [0.4, 0.5) is 4.79 Å². The zero-order valence-electron chi connectivity index (χ0n) is 17.0. The van der Waals surface area contributed by atoms with Gasteiger partial charge in [0.2, 0.25) is 0 Å². The molecule has 0 aromatic heterocycles. The SMILES string of the molecule is COc1cc(/C=C2\SC(=O)N(Cc3ccccc3)C2=O)ccc1OCC(=O)NC1CC1. The number of hydrogen-bond acceptors (Lipinski definition) is 6. The lowest BCUT2D eigenvalue weighted by molar-refractivity contribution is -0.124. The van der Waals surface area contributed by atoms with E-state index in [-0.39, 0.29) is 36.2 Å². The Labute approximate surface area is 184 Å². The van der Waals surface area contributed by atoms with Crippen LogP contribution in [0.3, 0.4) is 0 Å². The van der Waals surface area contributed by atoms with E-state index in [0.29, 0.717) is 22.0 Å². The second-order valence-corrected chi connectivity index (χ2v) is 8.29. The summed E-state index contributed by atoms with van der Waals surface area (Å²) in [6.07, 6.45) is 3.68. The van der Waals surface area contributed by atoms with Crippen LogP contribution in [0, 0.1) is 0 Å². The van der Waals surface area contributed by atoms with E-state index in [4.69, 9.17) is 9.47 Å². The molecule has 1 aliphatic heterocycles. The molecule has 2 fully saturated rings. The number of ether oxygens (including phenoxy) is 2. The molecule has 1 heterocycles. The normalized spacial score (nSPS) is 17.2. The summed E-state index contributed by atoms with van der Waals surface area (Å²) in [7, 11) is 1.50. The molecular formula is C23H22N2O5S. The van der Waals surface area contributed by atoms with E-state index in [9.17, 15) is 14.4 Å². The Kier molecular flexibility index (Phi) is 6.27. The van der Waals surface area contributed by atoms with Gasteiger partial charge in [-0.2, -0.15) is 0 Å². The Morgan fingerprint density at radius 3 is 2.65 bits per heavy atom. The molecule has 1 saturated heterocycles. The number of carbonyl (C=O) groups is 3. The second kappa shape index (κ2) is 9.26. The summed E-state index contributed by atoms with van der Waals surface area (Å²) in [6.45, 7) is 0.145. The molecule has 2 aromatic carbocycles. The smallest absolute Gasteiger partial charge is 0.293 e. The summed E-state index contributed by atoms with van der Waals surface area (Å²) in [5.41, 5.74) is 1.58. The van der Waals surface area contributed by atoms with Gasteiger partial charge in [0.05, 0.1) is 18.6 Å². The average molecular weight is 439 g/mol. The van der Waals surface area contributed by atoms with E-state index in [1.54, 1.807) is 24.3 Å². The molecule has 31 heavy (non-hydrogen) atoms. The lowest BCUT2D eigenvalue weighted by Crippen LogP contribution is -2.30. The monoisotopic (exact) mass is 438 g/mol. The zero-order chi connectivity index (χ0) is 21.8. The van der Waals surface area contributed by atoms with Gasteiger partial charge in [0, 0.05) is 6.04 Å². The number of rotatable bonds is 8. The van der Waals surface area contributed by atoms with E-state index >= 15 is 0 Å². The quantitative estimate of drug-likeness (QED) is 0.634. The fourth-order valence-electron chi connectivity index (χ4n) is 3.09. The van der Waals surface area contributed by atoms with Gasteiger partial charge in [0.25, 0.3) is 17.1 Å². The van der Waals surface area contributed by atoms with Crippen molar-refractivity contribution in [1.82, 2.24) is 10.2 Å². The van der Waals surface area contributed by atoms with Crippen molar-refractivity contribution in [2.75, 3.05) is 13.7 Å². The third kappa shape index (κ3) is 5.27. The van der Waals surface area contributed by atoms with Gasteiger partial charge in [0.1, 0.15) is 0 Å². The van der Waals surface area contributed by atoms with Crippen molar-refractivity contribution < 1.29 is 23.9 Å². The van der Waals surface area contributed by atoms with E-state index in [2.05, 4.69) is 5.32 Å². The predicted octanol–water partition coefficient (Wildman–Crippen LogP) is 3.59. The van der Waals surface area contributed by atoms with Crippen molar-refractivity contribution in [3.8, 4) is 11.5 Å². The molecule has 1 N–H and O–H groups in total. The van der Waals surface area contributed by atoms with E-state index in [1.165, 1.54) is 12.0 Å². The lowest BCUT2D eigenvalue weighted by atomic mass is 10.1. The Bertz CT molecular complexity index is 1030. The molecule has 0 unspecified atom stereocenters. The van der Waals surface area contributed by atoms with Gasteiger partial charge in [-0.1, -0.05) is 36.4 Å². The number of imide groups is 1. The van der Waals surface area contributed by atoms with E-state index in [1.807, 2.05) is 30.3 Å². The third-order valence-corrected chi connectivity index (χ3v) is 5.75. The number of nitrogens with zero attached hydrogens (tertiary/aromatic N) is 1. The van der Waals surface area contributed by atoms with Crippen LogP contribution in [0.2, 0.25) is 0 Å². The highest BCUT2D eigenvalue weighted by Crippen LogP contribution is 2.35. The average Bonchev–Trinajstić information content (AvgIpc) is 3.55. The number of methoxy groups -OCH3 is 1. The third-order valence-electron chi connectivity index (χ3n) is 4.84. The standard InChI is InChI=1S/C23H22N2O5S/c1-29-19-11-16(7-10-18(19)30-14-21(26)24-17-8-9-17)12-20-22(27)25(23(28)31-20)13-15-5-3-2-4-6-15/h2-7,10-12,17H,8-9,13-14H2,1H3,(H,24,26)/b20-12-. The van der Waals surface area contributed by atoms with Crippen LogP contribution in [0.15, 0.2) is 53.4 Å². The minimum atomic E-state index is -0.324. The molecule has 160 valence electrons. The minimum absolute atomic E-state index is 0.0927. The van der Waals surface area contributed by atoms with Crippen LogP contribution in [0.1, 0.15) is 24.0 Å². The van der Waals surface area contributed by atoms with Gasteiger partial charge in [0.15, 0.2) is 18.1 Å². The topological polar surface area (TPSA) is 84.9 Å². The van der Waals surface area contributed by atoms with E-state index in [0.717, 1.165) is 30.2 Å². The van der Waals surface area contributed by atoms with Crippen molar-refractivity contribution >= 4 is 34.9 Å². The fraction of sp³-hybridized carbons (Fsp3) is 0.261. The van der Waals surface area contributed by atoms with Crippen LogP contribution < -0.4 is 14.8 Å². The molecule has 0 radical (unpaired) electrons. The number of amides is 3. The first-order valence-electron chi connectivity index (χ1n) is 9.93. The Morgan fingerprint density at radius 1 is 1.16 bits per heavy atom. The predicted molar refractivity (Wildman–Crippen MR) is 118 cm³/mol. The molecule has 0 bridgehead atoms. The number of carbonyl (C=O) groups excluding carboxylic acids is 3. The van der Waals surface area contributed by atoms with Crippen molar-refractivity contribution in [2.24, 2.45) is 0 Å². The number of benzene rings is 2. The molecule has 1 aliphatic carbocycles. The zero-order valence-corrected chi connectivity index (χ0v) is 17.8. The minimum Gasteiger partial charge on any atom is -0.493 e. The molecule has 8 heteroatoms. The van der Waals surface area contributed by atoms with Crippen molar-refractivity contribution in [1.29, 1.82) is 0 Å². The highest BCUT2D eigenvalue weighted by molar-refractivity contribution is 8.18. The summed E-state index contributed by atoms with van der Waals surface area (Å²) in [4.78, 5) is 38.5. The fourth-order valence-corrected chi connectivity index (χ4v) is 3.93. The first-order valence-corrected chi connectivity index (χ1v) is 10.7. The summed E-state index contributed by atoms with van der Waals surface area (Å²) in [5, 5.41) is 2.56. The first-order chi connectivity index (χ1) is 15.0. The van der Waals surface area contributed by atoms with Crippen LogP contribution in [0.5, 0.6) is 11.5 Å². The largest absolute Gasteiger partial charge is 0.493 e. The molecule has 4 rings (SSSR count). The van der Waals surface area contributed by atoms with Gasteiger partial charge in [-0.05, 0) is 53.9 Å². The van der Waals surface area contributed by atoms with Crippen molar-refractivity contribution in [3.63, 3.8) is 0 Å². The number of thioether (sulfide) groups is 1. The molecule has 7 nitrogen and oxygen atoms in total. The first kappa shape index (κ1) is 21.0. The number of hydrogen-bond donors (Lipinski definition) is 1. The highest BCUT2D eigenvalue weighted by Gasteiger charge is 2.35. The van der Waals surface area contributed by atoms with Gasteiger partial charge in [-0.3, -0.25) is 19.3 Å². The Balaban J connectivity index is 1.44. The molecule has 0 spiro atoms. The molecule has 0 atom stereocenters. The maximum absolute atomic E-state index is 12.7. The lowest BCUT2D eigenvalue weighted by Gasteiger charge is -2.12. The highest BCUT2D eigenvalue weighted by atomic mass is 32.2. The van der Waals surface area contributed by atoms with Gasteiger partial charge >= 0.3 is 0 Å². The van der Waals surface area contributed by atoms with Crippen LogP contribution in [-0.2, 0) is 16.1 Å². The number of nitrogens with one attached hydrogen (secondary N) is 1. The van der Waals surface area contributed by atoms with Crippen molar-refractivity contribution in [2.45, 2.75) is 25.4 Å². The summed E-state index contributed by atoms with van der Waals surface area (Å²) in [5.74, 6) is 0.384. The van der Waals surface area contributed by atoms with Crippen molar-refractivity contribution in [3.05, 3.63) is 64.6 Å². The summed E-state index contributed by atoms with van der Waals surface area (Å²) < 4.78 is 10.9. The molecular weight excluding hydrogens is 416 g/mol. The maximum atomic E-state index is 12.7. The van der Waals surface area contributed by atoms with Crippen LogP contribution >= 0.6 is 11.8 Å². The summed E-state index contributed by atoms with van der Waals surface area (Å²) >= 11 is 0.913. The second-order valence-electron chi connectivity index (χ2n) is 7.29. The molecule has 2 aliphatic rings. The van der Waals surface area contributed by atoms with Gasteiger partial charge in [-0.25, -0.2) is 0 Å². The Morgan fingerprint density at radius 2 is 1.94 bits per heavy atom. The molecule has 3 amide bonds. The van der Waals surface area contributed by atoms with Gasteiger partial charge in [-0.15, -0.1) is 0 Å². The van der Waals surface area contributed by atoms with Crippen LogP contribution in [-0.4, -0.2) is 41.7 Å². The maximum Gasteiger partial charge on any atom is 0.293 e. The van der Waals surface area contributed by atoms with Crippen LogP contribution in [0.25, 0.3) is 6.08 Å². The molecule has 1 saturated carbocycles. The molecule has 2 aromatic rings.